The van der Waals surface area contributed by atoms with Crippen molar-refractivity contribution in [1.29, 1.82) is 0 Å². The van der Waals surface area contributed by atoms with E-state index in [1.807, 2.05) is 18.2 Å². The molecule has 8 heteroatoms. The summed E-state index contributed by atoms with van der Waals surface area (Å²) in [6, 6.07) is 6.22. The number of nitrogens with one attached hydrogen (secondary N) is 2. The molecule has 2 heterocycles. The zero-order valence-electron chi connectivity index (χ0n) is 19.1. The number of likely N-dealkylation sites (tertiary alicyclic amines) is 1. The van der Waals surface area contributed by atoms with Gasteiger partial charge in [0.2, 0.25) is 5.91 Å². The smallest absolute Gasteiger partial charge is 0.225 e. The van der Waals surface area contributed by atoms with Gasteiger partial charge in [-0.1, -0.05) is 31.4 Å². The predicted octanol–water partition coefficient (Wildman–Crippen LogP) is 3.70. The molecule has 2 aliphatic heterocycles. The van der Waals surface area contributed by atoms with E-state index in [1.165, 1.54) is 19.3 Å². The van der Waals surface area contributed by atoms with Gasteiger partial charge in [0.05, 0.1) is 19.8 Å². The van der Waals surface area contributed by atoms with Gasteiger partial charge in [0.15, 0.2) is 17.5 Å². The van der Waals surface area contributed by atoms with E-state index in [0.29, 0.717) is 25.7 Å². The zero-order chi connectivity index (χ0) is 21.5. The lowest BCUT2D eigenvalue weighted by atomic mass is 9.88. The molecule has 32 heavy (non-hydrogen) atoms. The number of amides is 1. The molecule has 4 rings (SSSR count). The zero-order valence-corrected chi connectivity index (χ0v) is 21.4. The van der Waals surface area contributed by atoms with Crippen LogP contribution in [-0.4, -0.2) is 55.7 Å². The normalized spacial score (nSPS) is 21.5. The lowest BCUT2D eigenvalue weighted by Crippen LogP contribution is -2.45. The van der Waals surface area contributed by atoms with Gasteiger partial charge in [0, 0.05) is 43.6 Å². The molecule has 0 aromatic heterocycles. The number of fused-ring (bicyclic) bond motifs is 1. The van der Waals surface area contributed by atoms with E-state index in [2.05, 4.69) is 22.5 Å². The lowest BCUT2D eigenvalue weighted by Gasteiger charge is -2.26. The molecule has 0 radical (unpaired) electrons. The van der Waals surface area contributed by atoms with Gasteiger partial charge in [-0.05, 0) is 32.3 Å². The Morgan fingerprint density at radius 2 is 1.94 bits per heavy atom. The second-order valence-corrected chi connectivity index (χ2v) is 8.74. The number of hydrogen-bond acceptors (Lipinski definition) is 4. The van der Waals surface area contributed by atoms with Crippen molar-refractivity contribution in [3.8, 4) is 11.5 Å². The topological polar surface area (TPSA) is 75.2 Å². The molecule has 1 saturated heterocycles. The fourth-order valence-corrected chi connectivity index (χ4v) is 4.74. The molecule has 1 unspecified atom stereocenters. The van der Waals surface area contributed by atoms with Crippen molar-refractivity contribution in [3.63, 3.8) is 0 Å². The number of aliphatic imine (C=N–C) groups is 1. The third-order valence-corrected chi connectivity index (χ3v) is 6.40. The monoisotopic (exact) mass is 556 g/mol. The fourth-order valence-electron chi connectivity index (χ4n) is 4.74. The molecule has 2 N–H and O–H groups in total. The summed E-state index contributed by atoms with van der Waals surface area (Å²) < 4.78 is 11.7. The molecule has 1 aromatic rings. The summed E-state index contributed by atoms with van der Waals surface area (Å²) in [5, 5.41) is 6.88. The Kier molecular flexibility index (Phi) is 9.74. The van der Waals surface area contributed by atoms with Crippen molar-refractivity contribution in [2.75, 3.05) is 32.8 Å². The van der Waals surface area contributed by atoms with Crippen molar-refractivity contribution in [1.82, 2.24) is 15.5 Å². The largest absolute Gasteiger partial charge is 0.490 e. The number of carbonyl (C=O) groups is 1. The van der Waals surface area contributed by atoms with Gasteiger partial charge >= 0.3 is 0 Å². The molecule has 2 fully saturated rings. The van der Waals surface area contributed by atoms with Gasteiger partial charge in [0.25, 0.3) is 0 Å². The minimum atomic E-state index is 0. The summed E-state index contributed by atoms with van der Waals surface area (Å²) in [6.45, 7) is 6.31. The Hall–Kier alpha value is -1.71. The van der Waals surface area contributed by atoms with Crippen LogP contribution in [0.25, 0.3) is 0 Å². The molecule has 0 bridgehead atoms. The summed E-state index contributed by atoms with van der Waals surface area (Å²) in [5.74, 6) is 2.99. The van der Waals surface area contributed by atoms with E-state index in [4.69, 9.17) is 14.5 Å². The van der Waals surface area contributed by atoms with Crippen LogP contribution in [0.2, 0.25) is 0 Å². The molecule has 7 nitrogen and oxygen atoms in total. The highest BCUT2D eigenvalue weighted by atomic mass is 127. The van der Waals surface area contributed by atoms with Crippen LogP contribution in [0.4, 0.5) is 0 Å². The van der Waals surface area contributed by atoms with E-state index in [0.717, 1.165) is 68.3 Å². The summed E-state index contributed by atoms with van der Waals surface area (Å²) in [4.78, 5) is 19.7. The Morgan fingerprint density at radius 1 is 1.12 bits per heavy atom. The van der Waals surface area contributed by atoms with Crippen molar-refractivity contribution in [2.45, 2.75) is 64.5 Å². The van der Waals surface area contributed by atoms with Crippen LogP contribution in [0.1, 0.15) is 57.4 Å². The van der Waals surface area contributed by atoms with Gasteiger partial charge in [0.1, 0.15) is 0 Å². The van der Waals surface area contributed by atoms with E-state index in [1.54, 1.807) is 0 Å². The van der Waals surface area contributed by atoms with Crippen LogP contribution in [0.5, 0.6) is 11.5 Å². The minimum Gasteiger partial charge on any atom is -0.490 e. The number of nitrogens with zero attached hydrogens (tertiary/aromatic N) is 2. The average Bonchev–Trinajstić information content (AvgIpc) is 3.13. The van der Waals surface area contributed by atoms with Gasteiger partial charge in [-0.25, -0.2) is 4.99 Å². The van der Waals surface area contributed by atoms with Gasteiger partial charge in [-0.3, -0.25) is 4.79 Å². The number of rotatable bonds is 5. The number of guanidine groups is 1. The summed E-state index contributed by atoms with van der Waals surface area (Å²) in [5.41, 5.74) is 1.03. The van der Waals surface area contributed by atoms with E-state index in [9.17, 15) is 4.79 Å². The number of para-hydroxylation sites is 1. The third-order valence-electron chi connectivity index (χ3n) is 6.40. The average molecular weight is 556 g/mol. The maximum atomic E-state index is 12.9. The molecule has 1 saturated carbocycles. The molecular weight excluding hydrogens is 519 g/mol. The number of halogens is 1. The van der Waals surface area contributed by atoms with Crippen LogP contribution in [-0.2, 0) is 11.3 Å². The van der Waals surface area contributed by atoms with E-state index >= 15 is 0 Å². The first-order chi connectivity index (χ1) is 15.2. The van der Waals surface area contributed by atoms with Gasteiger partial charge in [-0.15, -0.1) is 24.0 Å². The number of benzene rings is 1. The number of ether oxygens (including phenoxy) is 2. The molecule has 0 spiro atoms. The highest BCUT2D eigenvalue weighted by Gasteiger charge is 2.31. The predicted molar refractivity (Wildman–Crippen MR) is 137 cm³/mol. The van der Waals surface area contributed by atoms with Crippen LogP contribution in [0.15, 0.2) is 23.2 Å². The Labute approximate surface area is 208 Å². The van der Waals surface area contributed by atoms with Crippen molar-refractivity contribution in [3.05, 3.63) is 23.8 Å². The van der Waals surface area contributed by atoms with E-state index in [-0.39, 0.29) is 35.9 Å². The molecule has 1 amide bonds. The first-order valence-electron chi connectivity index (χ1n) is 12.0. The number of hydrogen-bond donors (Lipinski definition) is 2. The van der Waals surface area contributed by atoms with Gasteiger partial charge in [-0.2, -0.15) is 0 Å². The molecule has 178 valence electrons. The third kappa shape index (κ3) is 6.42. The Morgan fingerprint density at radius 3 is 2.75 bits per heavy atom. The summed E-state index contributed by atoms with van der Waals surface area (Å²) in [7, 11) is 0. The van der Waals surface area contributed by atoms with Crippen molar-refractivity contribution in [2.24, 2.45) is 10.9 Å². The quantitative estimate of drug-likeness (QED) is 0.329. The lowest BCUT2D eigenvalue weighted by molar-refractivity contribution is -0.135. The maximum absolute atomic E-state index is 12.9. The summed E-state index contributed by atoms with van der Waals surface area (Å²) in [6.07, 6.45) is 7.63. The molecular formula is C24H37IN4O3. The standard InChI is InChI=1S/C24H36N4O3.HI/c1-2-25-24(26-16-19-10-6-11-21-22(19)31-15-7-14-30-21)27-20-12-13-28(17-20)23(29)18-8-4-3-5-9-18;/h6,10-11,18,20H,2-5,7-9,12-17H2,1H3,(H2,25,26,27);1H. The highest BCUT2D eigenvalue weighted by Crippen LogP contribution is 2.33. The SMILES string of the molecule is CCNC(=NCc1cccc2c1OCCCO2)NC1CCN(C(=O)C2CCCCC2)C1.I. The second kappa shape index (κ2) is 12.5. The van der Waals surface area contributed by atoms with Crippen LogP contribution < -0.4 is 20.1 Å². The summed E-state index contributed by atoms with van der Waals surface area (Å²) >= 11 is 0. The fraction of sp³-hybridized carbons (Fsp3) is 0.667. The van der Waals surface area contributed by atoms with Crippen LogP contribution in [0.3, 0.4) is 0 Å². The first kappa shape index (κ1) is 24.9. The number of carbonyl (C=O) groups excluding carboxylic acids is 1. The van der Waals surface area contributed by atoms with Crippen LogP contribution >= 0.6 is 24.0 Å². The van der Waals surface area contributed by atoms with Crippen LogP contribution in [0, 0.1) is 5.92 Å². The van der Waals surface area contributed by atoms with Crippen molar-refractivity contribution >= 4 is 35.8 Å². The van der Waals surface area contributed by atoms with Crippen molar-refractivity contribution < 1.29 is 14.3 Å². The molecule has 3 aliphatic rings. The molecule has 1 atom stereocenters. The maximum Gasteiger partial charge on any atom is 0.225 e. The van der Waals surface area contributed by atoms with E-state index < -0.39 is 0 Å². The van der Waals surface area contributed by atoms with Gasteiger partial charge < -0.3 is 25.0 Å². The first-order valence-corrected chi connectivity index (χ1v) is 12.0. The minimum absolute atomic E-state index is 0. The highest BCUT2D eigenvalue weighted by molar-refractivity contribution is 14.0. The Bertz CT molecular complexity index is 783. The second-order valence-electron chi connectivity index (χ2n) is 8.74. The Balaban J connectivity index is 0.00000289. The molecule has 1 aromatic carbocycles. The molecule has 1 aliphatic carbocycles.